The minimum absolute atomic E-state index is 0.254. The number of aromatic nitrogens is 1. The Kier molecular flexibility index (Phi) is 5.97. The van der Waals surface area contributed by atoms with Gasteiger partial charge in [-0.3, -0.25) is 4.57 Å². The van der Waals surface area contributed by atoms with Crippen molar-refractivity contribution < 1.29 is 22.3 Å². The molecule has 0 bridgehead atoms. The fraction of sp³-hybridized carbons (Fsp3) is 0.316. The largest absolute Gasteiger partial charge is 0.496 e. The lowest BCUT2D eigenvalue weighted by molar-refractivity contribution is 0.181. The first-order valence-electron chi connectivity index (χ1n) is 8.37. The van der Waals surface area contributed by atoms with Crippen LogP contribution in [0.3, 0.4) is 0 Å². The summed E-state index contributed by atoms with van der Waals surface area (Å²) in [5.41, 5.74) is 2.30. The van der Waals surface area contributed by atoms with Crippen LogP contribution in [0.2, 0.25) is 0 Å². The highest BCUT2D eigenvalue weighted by atomic mass is 79.9. The average Bonchev–Trinajstić information content (AvgIpc) is 2.94. The number of ether oxygens (including phenoxy) is 2. The summed E-state index contributed by atoms with van der Waals surface area (Å²) in [6, 6.07) is 9.69. The number of hydrogen-bond acceptors (Lipinski definition) is 6. The molecule has 150 valence electrons. The van der Waals surface area contributed by atoms with Gasteiger partial charge in [0.2, 0.25) is 0 Å². The van der Waals surface area contributed by atoms with Crippen molar-refractivity contribution >= 4 is 36.9 Å². The topological polar surface area (TPSA) is 87.7 Å². The van der Waals surface area contributed by atoms with E-state index in [1.807, 2.05) is 0 Å². The summed E-state index contributed by atoms with van der Waals surface area (Å²) in [7, 11) is -0.294. The van der Waals surface area contributed by atoms with Gasteiger partial charge in [0.05, 0.1) is 31.0 Å². The fourth-order valence-electron chi connectivity index (χ4n) is 3.19. The molecular weight excluding hydrogens is 450 g/mol. The molecule has 0 spiro atoms. The Balaban J connectivity index is 2.23. The highest BCUT2D eigenvalue weighted by Gasteiger charge is 2.25. The molecule has 0 aliphatic heterocycles. The lowest BCUT2D eigenvalue weighted by Gasteiger charge is -2.19. The van der Waals surface area contributed by atoms with Gasteiger partial charge in [0.25, 0.3) is 0 Å². The second-order valence-corrected chi connectivity index (χ2v) is 9.56. The van der Waals surface area contributed by atoms with E-state index in [4.69, 9.17) is 13.9 Å². The number of hydrogen-bond donors (Lipinski definition) is 0. The third kappa shape index (κ3) is 4.31. The zero-order chi connectivity index (χ0) is 20.5. The maximum absolute atomic E-state index is 12.6. The Bertz CT molecular complexity index is 1160. The van der Waals surface area contributed by atoms with Crippen LogP contribution >= 0.6 is 15.9 Å². The molecule has 0 N–H and O–H groups in total. The van der Waals surface area contributed by atoms with Crippen molar-refractivity contribution in [1.29, 1.82) is 0 Å². The number of methoxy groups -OCH3 is 2. The molecule has 0 saturated heterocycles. The molecule has 1 heterocycles. The van der Waals surface area contributed by atoms with E-state index < -0.39 is 21.6 Å². The molecule has 0 unspecified atom stereocenters. The Morgan fingerprint density at radius 2 is 1.93 bits per heavy atom. The summed E-state index contributed by atoms with van der Waals surface area (Å²) < 4.78 is 42.3. The molecule has 0 saturated carbocycles. The van der Waals surface area contributed by atoms with Crippen molar-refractivity contribution in [2.24, 2.45) is 0 Å². The Hall–Kier alpha value is -2.10. The van der Waals surface area contributed by atoms with Gasteiger partial charge in [-0.2, -0.15) is 0 Å². The van der Waals surface area contributed by atoms with Crippen LogP contribution in [-0.2, 0) is 21.2 Å². The zero-order valence-corrected chi connectivity index (χ0v) is 18.0. The average molecular weight is 470 g/mol. The van der Waals surface area contributed by atoms with Gasteiger partial charge >= 0.3 is 5.76 Å². The van der Waals surface area contributed by atoms with Gasteiger partial charge in [-0.05, 0) is 35.9 Å². The van der Waals surface area contributed by atoms with Gasteiger partial charge in [-0.15, -0.1) is 0 Å². The maximum atomic E-state index is 12.6. The van der Waals surface area contributed by atoms with E-state index in [-0.39, 0.29) is 12.4 Å². The quantitative estimate of drug-likeness (QED) is 0.527. The van der Waals surface area contributed by atoms with E-state index in [1.54, 1.807) is 50.6 Å². The molecule has 3 rings (SSSR count). The van der Waals surface area contributed by atoms with Crippen molar-refractivity contribution in [1.82, 2.24) is 4.57 Å². The number of sulfone groups is 1. The van der Waals surface area contributed by atoms with Gasteiger partial charge in [0, 0.05) is 23.4 Å². The van der Waals surface area contributed by atoms with Gasteiger partial charge < -0.3 is 13.9 Å². The summed E-state index contributed by atoms with van der Waals surface area (Å²) in [5, 5.41) is 0. The standard InChI is InChI=1S/C19H20BrNO6S/c1-25-10-13-8-12(4-7-17(13)26-2)16(11-28(3,23)24)21-15-6-5-14(20)9-18(15)27-19(21)22/h4-9,16H,10-11H2,1-3H3/t16-/m1/s1. The van der Waals surface area contributed by atoms with Crippen LogP contribution in [0.5, 0.6) is 5.75 Å². The van der Waals surface area contributed by atoms with E-state index in [2.05, 4.69) is 15.9 Å². The molecule has 28 heavy (non-hydrogen) atoms. The van der Waals surface area contributed by atoms with E-state index in [0.29, 0.717) is 22.4 Å². The third-order valence-corrected chi connectivity index (χ3v) is 5.75. The molecule has 0 aliphatic carbocycles. The molecule has 7 nitrogen and oxygen atoms in total. The molecule has 0 radical (unpaired) electrons. The molecule has 0 aliphatic rings. The number of rotatable bonds is 7. The van der Waals surface area contributed by atoms with Gasteiger partial charge in [0.1, 0.15) is 15.6 Å². The minimum atomic E-state index is -3.41. The highest BCUT2D eigenvalue weighted by Crippen LogP contribution is 2.29. The first-order valence-corrected chi connectivity index (χ1v) is 11.2. The molecule has 2 aromatic carbocycles. The molecular formula is C19H20BrNO6S. The first kappa shape index (κ1) is 20.6. The predicted octanol–water partition coefficient (Wildman–Crippen LogP) is 3.15. The van der Waals surface area contributed by atoms with E-state index in [9.17, 15) is 13.2 Å². The Labute approximate surface area is 170 Å². The molecule has 3 aromatic rings. The second kappa shape index (κ2) is 8.10. The number of benzene rings is 2. The van der Waals surface area contributed by atoms with Gasteiger partial charge in [-0.25, -0.2) is 13.2 Å². The molecule has 0 amide bonds. The second-order valence-electron chi connectivity index (χ2n) is 6.46. The normalized spacial score (nSPS) is 13.0. The van der Waals surface area contributed by atoms with E-state index >= 15 is 0 Å². The van der Waals surface area contributed by atoms with Crippen molar-refractivity contribution in [3.8, 4) is 5.75 Å². The third-order valence-electron chi connectivity index (χ3n) is 4.34. The van der Waals surface area contributed by atoms with Crippen LogP contribution in [0.25, 0.3) is 11.1 Å². The summed E-state index contributed by atoms with van der Waals surface area (Å²) in [5.74, 6) is -0.251. The minimum Gasteiger partial charge on any atom is -0.496 e. The summed E-state index contributed by atoms with van der Waals surface area (Å²) in [6.45, 7) is 0.288. The Morgan fingerprint density at radius 3 is 2.57 bits per heavy atom. The SMILES string of the molecule is COCc1cc([C@@H](CS(C)(=O)=O)n2c(=O)oc3cc(Br)ccc32)ccc1OC. The number of fused-ring (bicyclic) bond motifs is 1. The van der Waals surface area contributed by atoms with Crippen molar-refractivity contribution in [3.63, 3.8) is 0 Å². The van der Waals surface area contributed by atoms with E-state index in [0.717, 1.165) is 16.3 Å². The lowest BCUT2D eigenvalue weighted by atomic mass is 10.0. The van der Waals surface area contributed by atoms with E-state index in [1.165, 1.54) is 4.57 Å². The first-order chi connectivity index (χ1) is 13.2. The van der Waals surface area contributed by atoms with Crippen molar-refractivity contribution in [2.75, 3.05) is 26.2 Å². The number of nitrogens with zero attached hydrogens (tertiary/aromatic N) is 1. The fourth-order valence-corrected chi connectivity index (χ4v) is 4.44. The van der Waals surface area contributed by atoms with Gasteiger partial charge in [-0.1, -0.05) is 22.0 Å². The van der Waals surface area contributed by atoms with Gasteiger partial charge in [0.15, 0.2) is 5.58 Å². The summed E-state index contributed by atoms with van der Waals surface area (Å²) in [4.78, 5) is 12.6. The zero-order valence-electron chi connectivity index (χ0n) is 15.6. The van der Waals surface area contributed by atoms with Crippen LogP contribution in [0.1, 0.15) is 17.2 Å². The maximum Gasteiger partial charge on any atom is 0.420 e. The number of halogens is 1. The lowest BCUT2D eigenvalue weighted by Crippen LogP contribution is -2.27. The molecule has 1 aromatic heterocycles. The predicted molar refractivity (Wildman–Crippen MR) is 110 cm³/mol. The molecule has 9 heteroatoms. The van der Waals surface area contributed by atoms with Crippen LogP contribution in [0.15, 0.2) is 50.1 Å². The van der Waals surface area contributed by atoms with Crippen LogP contribution < -0.4 is 10.5 Å². The molecule has 1 atom stereocenters. The monoisotopic (exact) mass is 469 g/mol. The van der Waals surface area contributed by atoms with Crippen LogP contribution in [0, 0.1) is 0 Å². The van der Waals surface area contributed by atoms with Crippen molar-refractivity contribution in [2.45, 2.75) is 12.6 Å². The van der Waals surface area contributed by atoms with Crippen LogP contribution in [-0.4, -0.2) is 39.2 Å². The summed E-state index contributed by atoms with van der Waals surface area (Å²) >= 11 is 3.34. The molecule has 0 fully saturated rings. The van der Waals surface area contributed by atoms with Crippen LogP contribution in [0.4, 0.5) is 0 Å². The highest BCUT2D eigenvalue weighted by molar-refractivity contribution is 9.10. The smallest absolute Gasteiger partial charge is 0.420 e. The Morgan fingerprint density at radius 1 is 1.18 bits per heavy atom. The van der Waals surface area contributed by atoms with Crippen molar-refractivity contribution in [3.05, 3.63) is 62.5 Å². The number of oxazole rings is 1. The summed E-state index contributed by atoms with van der Waals surface area (Å²) in [6.07, 6.45) is 1.14.